The Kier molecular flexibility index (Phi) is 5.27. The zero-order valence-corrected chi connectivity index (χ0v) is 19.9. The van der Waals surface area contributed by atoms with Crippen molar-refractivity contribution in [3.8, 4) is 0 Å². The van der Waals surface area contributed by atoms with E-state index in [9.17, 15) is 8.42 Å². The minimum Gasteiger partial charge on any atom is -0.353 e. The lowest BCUT2D eigenvalue weighted by Gasteiger charge is -2.35. The molecular formula is C23H28N4O2S2. The van der Waals surface area contributed by atoms with Crippen molar-refractivity contribution in [1.82, 2.24) is 14.3 Å². The lowest BCUT2D eigenvalue weighted by Crippen LogP contribution is -2.49. The molecule has 1 saturated heterocycles. The van der Waals surface area contributed by atoms with Gasteiger partial charge in [-0.3, -0.25) is 0 Å². The van der Waals surface area contributed by atoms with Gasteiger partial charge in [0.05, 0.1) is 10.3 Å². The third-order valence-corrected chi connectivity index (χ3v) is 9.48. The van der Waals surface area contributed by atoms with Crippen LogP contribution in [0.15, 0.2) is 29.2 Å². The fraction of sp³-hybridized carbons (Fsp3) is 0.478. The first-order valence-electron chi connectivity index (χ1n) is 11.0. The summed E-state index contributed by atoms with van der Waals surface area (Å²) in [4.78, 5) is 14.6. The van der Waals surface area contributed by atoms with E-state index in [0.717, 1.165) is 34.9 Å². The van der Waals surface area contributed by atoms with E-state index in [1.807, 2.05) is 19.1 Å². The number of benzene rings is 1. The highest BCUT2D eigenvalue weighted by molar-refractivity contribution is 7.89. The van der Waals surface area contributed by atoms with Crippen molar-refractivity contribution in [2.45, 2.75) is 50.8 Å². The van der Waals surface area contributed by atoms with E-state index in [-0.39, 0.29) is 0 Å². The van der Waals surface area contributed by atoms with Crippen molar-refractivity contribution in [3.63, 3.8) is 0 Å². The van der Waals surface area contributed by atoms with Crippen molar-refractivity contribution in [2.24, 2.45) is 0 Å². The average molecular weight is 457 g/mol. The third-order valence-electron chi connectivity index (χ3n) is 6.38. The highest BCUT2D eigenvalue weighted by atomic mass is 32.2. The van der Waals surface area contributed by atoms with Crippen molar-refractivity contribution in [3.05, 3.63) is 46.1 Å². The summed E-state index contributed by atoms with van der Waals surface area (Å²) in [6, 6.07) is 7.32. The number of sulfonamides is 1. The molecule has 6 nitrogen and oxygen atoms in total. The molecular weight excluding hydrogens is 428 g/mol. The van der Waals surface area contributed by atoms with Crippen LogP contribution in [0.25, 0.3) is 10.2 Å². The fourth-order valence-corrected chi connectivity index (χ4v) is 7.35. The molecule has 0 bridgehead atoms. The number of hydrogen-bond acceptors (Lipinski definition) is 6. The Morgan fingerprint density at radius 1 is 1.00 bits per heavy atom. The van der Waals surface area contributed by atoms with Gasteiger partial charge in [0.1, 0.15) is 16.5 Å². The van der Waals surface area contributed by atoms with Crippen LogP contribution in [0, 0.1) is 6.92 Å². The summed E-state index contributed by atoms with van der Waals surface area (Å²) in [5, 5.41) is 1.20. The highest BCUT2D eigenvalue weighted by Crippen LogP contribution is 2.40. The molecule has 1 aliphatic heterocycles. The number of anilines is 1. The van der Waals surface area contributed by atoms with E-state index in [1.165, 1.54) is 22.2 Å². The van der Waals surface area contributed by atoms with Gasteiger partial charge in [0, 0.05) is 31.1 Å². The van der Waals surface area contributed by atoms with Crippen LogP contribution in [0.1, 0.15) is 48.0 Å². The van der Waals surface area contributed by atoms with Gasteiger partial charge in [-0.15, -0.1) is 11.3 Å². The molecule has 164 valence electrons. The first kappa shape index (κ1) is 20.8. The number of aromatic nitrogens is 2. The molecule has 2 aliphatic rings. The molecule has 3 aromatic rings. The van der Waals surface area contributed by atoms with E-state index in [0.29, 0.717) is 37.0 Å². The topological polar surface area (TPSA) is 66.4 Å². The van der Waals surface area contributed by atoms with E-state index in [1.54, 1.807) is 27.8 Å². The van der Waals surface area contributed by atoms with E-state index < -0.39 is 10.0 Å². The van der Waals surface area contributed by atoms with Crippen LogP contribution in [0.4, 0.5) is 5.82 Å². The Labute approximate surface area is 188 Å². The minimum atomic E-state index is -3.48. The molecule has 0 radical (unpaired) electrons. The van der Waals surface area contributed by atoms with Gasteiger partial charge in [0.2, 0.25) is 10.0 Å². The second-order valence-corrected chi connectivity index (χ2v) is 11.8. The summed E-state index contributed by atoms with van der Waals surface area (Å²) in [5.74, 6) is 2.15. The molecule has 0 N–H and O–H groups in total. The average Bonchev–Trinajstić information content (AvgIpc) is 3.34. The standard InChI is InChI=1S/C23H28N4O2S2/c1-15(2)17-7-9-18(10-8-17)31(28,29)27-13-11-26(12-14-27)22-21-19-5-4-6-20(19)30-23(21)25-16(3)24-22/h7-10,15H,4-6,11-14H2,1-3H3. The minimum absolute atomic E-state index is 0.376. The number of thiophene rings is 1. The third kappa shape index (κ3) is 3.64. The van der Waals surface area contributed by atoms with E-state index in [2.05, 4.69) is 23.7 Å². The maximum absolute atomic E-state index is 13.2. The summed E-state index contributed by atoms with van der Waals surface area (Å²) in [5.41, 5.74) is 2.56. The van der Waals surface area contributed by atoms with Crippen LogP contribution >= 0.6 is 11.3 Å². The summed E-state index contributed by atoms with van der Waals surface area (Å²) < 4.78 is 28.0. The Balaban J connectivity index is 1.38. The van der Waals surface area contributed by atoms with Crippen molar-refractivity contribution in [1.29, 1.82) is 0 Å². The first-order valence-corrected chi connectivity index (χ1v) is 13.2. The summed E-state index contributed by atoms with van der Waals surface area (Å²) in [7, 11) is -3.48. The molecule has 8 heteroatoms. The summed E-state index contributed by atoms with van der Waals surface area (Å²) in [6.45, 7) is 8.36. The number of aryl methyl sites for hydroxylation is 3. The molecule has 31 heavy (non-hydrogen) atoms. The smallest absolute Gasteiger partial charge is 0.243 e. The monoisotopic (exact) mass is 456 g/mol. The Morgan fingerprint density at radius 3 is 2.39 bits per heavy atom. The van der Waals surface area contributed by atoms with Gasteiger partial charge in [-0.25, -0.2) is 18.4 Å². The number of nitrogens with zero attached hydrogens (tertiary/aromatic N) is 4. The van der Waals surface area contributed by atoms with Gasteiger partial charge in [0.15, 0.2) is 0 Å². The largest absolute Gasteiger partial charge is 0.353 e. The van der Waals surface area contributed by atoms with E-state index >= 15 is 0 Å². The van der Waals surface area contributed by atoms with Gasteiger partial charge < -0.3 is 4.90 Å². The Hall–Kier alpha value is -2.03. The fourth-order valence-electron chi connectivity index (χ4n) is 4.62. The van der Waals surface area contributed by atoms with Gasteiger partial charge in [-0.05, 0) is 55.4 Å². The van der Waals surface area contributed by atoms with Crippen LogP contribution in [-0.2, 0) is 22.9 Å². The predicted octanol–water partition coefficient (Wildman–Crippen LogP) is 4.12. The number of hydrogen-bond donors (Lipinski definition) is 0. The number of rotatable bonds is 4. The first-order chi connectivity index (χ1) is 14.8. The van der Waals surface area contributed by atoms with Crippen LogP contribution in [0.2, 0.25) is 0 Å². The molecule has 0 atom stereocenters. The quantitative estimate of drug-likeness (QED) is 0.591. The molecule has 3 heterocycles. The number of piperazine rings is 1. The molecule has 5 rings (SSSR count). The lowest BCUT2D eigenvalue weighted by molar-refractivity contribution is 0.384. The van der Waals surface area contributed by atoms with Crippen molar-refractivity contribution < 1.29 is 8.42 Å². The normalized spacial score (nSPS) is 17.6. The van der Waals surface area contributed by atoms with Crippen LogP contribution in [0.3, 0.4) is 0 Å². The van der Waals surface area contributed by atoms with Gasteiger partial charge in [0.25, 0.3) is 0 Å². The molecule has 0 unspecified atom stereocenters. The molecule has 1 aromatic carbocycles. The zero-order chi connectivity index (χ0) is 21.8. The van der Waals surface area contributed by atoms with Gasteiger partial charge >= 0.3 is 0 Å². The van der Waals surface area contributed by atoms with Crippen LogP contribution in [-0.4, -0.2) is 48.9 Å². The molecule has 0 spiro atoms. The molecule has 2 aromatic heterocycles. The molecule has 1 aliphatic carbocycles. The van der Waals surface area contributed by atoms with Crippen LogP contribution < -0.4 is 4.90 Å². The molecule has 0 saturated carbocycles. The summed E-state index contributed by atoms with van der Waals surface area (Å²) >= 11 is 1.80. The second kappa shape index (κ2) is 7.83. The summed E-state index contributed by atoms with van der Waals surface area (Å²) in [6.07, 6.45) is 3.43. The highest BCUT2D eigenvalue weighted by Gasteiger charge is 2.31. The van der Waals surface area contributed by atoms with Gasteiger partial charge in [-0.1, -0.05) is 26.0 Å². The van der Waals surface area contributed by atoms with Crippen molar-refractivity contribution in [2.75, 3.05) is 31.1 Å². The molecule has 0 amide bonds. The Morgan fingerprint density at radius 2 is 1.71 bits per heavy atom. The van der Waals surface area contributed by atoms with Crippen LogP contribution in [0.5, 0.6) is 0 Å². The Bertz CT molecular complexity index is 1220. The number of fused-ring (bicyclic) bond motifs is 3. The zero-order valence-electron chi connectivity index (χ0n) is 18.3. The maximum Gasteiger partial charge on any atom is 0.243 e. The SMILES string of the molecule is Cc1nc(N2CCN(S(=O)(=O)c3ccc(C(C)C)cc3)CC2)c2c3c(sc2n1)CCC3. The second-order valence-electron chi connectivity index (χ2n) is 8.75. The predicted molar refractivity (Wildman–Crippen MR) is 126 cm³/mol. The maximum atomic E-state index is 13.2. The van der Waals surface area contributed by atoms with Crippen molar-refractivity contribution >= 4 is 37.4 Å². The molecule has 1 fully saturated rings. The van der Waals surface area contributed by atoms with E-state index in [4.69, 9.17) is 4.98 Å². The van der Waals surface area contributed by atoms with Gasteiger partial charge in [-0.2, -0.15) is 4.31 Å². The lowest BCUT2D eigenvalue weighted by atomic mass is 10.0.